The summed E-state index contributed by atoms with van der Waals surface area (Å²) < 4.78 is 1.73. The molecule has 3 N–H and O–H groups in total. The molecule has 0 aromatic carbocycles. The Kier molecular flexibility index (Phi) is 3.19. The average molecular weight is 236 g/mol. The molecule has 1 saturated carbocycles. The maximum atomic E-state index is 12.1. The number of carbonyl (C=O) groups excluding carboxylic acids is 1. The smallest absolute Gasteiger partial charge is 0.227 e. The molecule has 94 valence electrons. The average Bonchev–Trinajstić information content (AvgIpc) is 2.84. The zero-order chi connectivity index (χ0) is 12.5. The first-order chi connectivity index (χ1) is 8.02. The van der Waals surface area contributed by atoms with Crippen molar-refractivity contribution in [3.05, 3.63) is 18.0 Å². The molecule has 17 heavy (non-hydrogen) atoms. The maximum absolute atomic E-state index is 12.1. The minimum absolute atomic E-state index is 0.0220. The standard InChI is InChI=1S/C12H20N4O/c1-12(6-3-4-10(12)13)11(17)14-8-9-5-7-16(2)15-9/h5,7,10H,3-4,6,8,13H2,1-2H3,(H,14,17). The van der Waals surface area contributed by atoms with Crippen LogP contribution in [0, 0.1) is 5.41 Å². The van der Waals surface area contributed by atoms with Crippen LogP contribution in [0.15, 0.2) is 12.3 Å². The van der Waals surface area contributed by atoms with Gasteiger partial charge < -0.3 is 11.1 Å². The monoisotopic (exact) mass is 236 g/mol. The molecule has 0 radical (unpaired) electrons. The predicted molar refractivity (Wildman–Crippen MR) is 65.0 cm³/mol. The summed E-state index contributed by atoms with van der Waals surface area (Å²) in [6.07, 6.45) is 4.72. The van der Waals surface area contributed by atoms with Crippen molar-refractivity contribution >= 4 is 5.91 Å². The first kappa shape index (κ1) is 12.1. The molecule has 1 heterocycles. The summed E-state index contributed by atoms with van der Waals surface area (Å²) in [7, 11) is 1.86. The Balaban J connectivity index is 1.93. The van der Waals surface area contributed by atoms with Crippen molar-refractivity contribution < 1.29 is 4.79 Å². The van der Waals surface area contributed by atoms with Crippen LogP contribution in [-0.4, -0.2) is 21.7 Å². The van der Waals surface area contributed by atoms with E-state index in [2.05, 4.69) is 10.4 Å². The Morgan fingerprint density at radius 1 is 1.76 bits per heavy atom. The van der Waals surface area contributed by atoms with E-state index in [9.17, 15) is 4.79 Å². The van der Waals surface area contributed by atoms with Gasteiger partial charge in [-0.2, -0.15) is 5.10 Å². The van der Waals surface area contributed by atoms with Crippen molar-refractivity contribution in [3.63, 3.8) is 0 Å². The van der Waals surface area contributed by atoms with E-state index < -0.39 is 5.41 Å². The molecule has 1 aromatic rings. The molecule has 1 aromatic heterocycles. The van der Waals surface area contributed by atoms with E-state index in [-0.39, 0.29) is 11.9 Å². The molecule has 5 heteroatoms. The summed E-state index contributed by atoms with van der Waals surface area (Å²) >= 11 is 0. The summed E-state index contributed by atoms with van der Waals surface area (Å²) in [5.74, 6) is 0.0492. The lowest BCUT2D eigenvalue weighted by Crippen LogP contribution is -2.47. The van der Waals surface area contributed by atoms with Crippen molar-refractivity contribution in [1.82, 2.24) is 15.1 Å². The molecular weight excluding hydrogens is 216 g/mol. The molecular formula is C12H20N4O. The summed E-state index contributed by atoms with van der Waals surface area (Å²) in [5.41, 5.74) is 6.47. The molecule has 0 saturated heterocycles. The van der Waals surface area contributed by atoms with Gasteiger partial charge in [0.15, 0.2) is 0 Å². The lowest BCUT2D eigenvalue weighted by molar-refractivity contribution is -0.130. The number of nitrogens with zero attached hydrogens (tertiary/aromatic N) is 2. The van der Waals surface area contributed by atoms with Crippen molar-refractivity contribution in [2.24, 2.45) is 18.2 Å². The van der Waals surface area contributed by atoms with Crippen LogP contribution >= 0.6 is 0 Å². The lowest BCUT2D eigenvalue weighted by atomic mass is 9.84. The van der Waals surface area contributed by atoms with Gasteiger partial charge >= 0.3 is 0 Å². The molecule has 2 unspecified atom stereocenters. The Morgan fingerprint density at radius 2 is 2.53 bits per heavy atom. The van der Waals surface area contributed by atoms with Crippen LogP contribution in [0.25, 0.3) is 0 Å². The number of nitrogens with one attached hydrogen (secondary N) is 1. The number of carbonyl (C=O) groups is 1. The van der Waals surface area contributed by atoms with E-state index in [0.717, 1.165) is 25.0 Å². The first-order valence-electron chi connectivity index (χ1n) is 6.05. The number of aromatic nitrogens is 2. The maximum Gasteiger partial charge on any atom is 0.227 e. The van der Waals surface area contributed by atoms with Gasteiger partial charge in [0.2, 0.25) is 5.91 Å². The molecule has 2 atom stereocenters. The molecule has 1 fully saturated rings. The summed E-state index contributed by atoms with van der Waals surface area (Å²) in [6, 6.07) is 1.88. The van der Waals surface area contributed by atoms with Gasteiger partial charge in [-0.25, -0.2) is 0 Å². The number of aryl methyl sites for hydroxylation is 1. The molecule has 1 aliphatic carbocycles. The van der Waals surface area contributed by atoms with E-state index >= 15 is 0 Å². The highest BCUT2D eigenvalue weighted by atomic mass is 16.2. The van der Waals surface area contributed by atoms with E-state index in [4.69, 9.17) is 5.73 Å². The normalized spacial score (nSPS) is 28.3. The van der Waals surface area contributed by atoms with Crippen molar-refractivity contribution in [3.8, 4) is 0 Å². The quantitative estimate of drug-likeness (QED) is 0.805. The van der Waals surface area contributed by atoms with Crippen LogP contribution in [-0.2, 0) is 18.4 Å². The third-order valence-corrected chi connectivity index (χ3v) is 3.75. The van der Waals surface area contributed by atoms with Crippen molar-refractivity contribution in [1.29, 1.82) is 0 Å². The van der Waals surface area contributed by atoms with Crippen molar-refractivity contribution in [2.45, 2.75) is 38.8 Å². The highest BCUT2D eigenvalue weighted by Gasteiger charge is 2.42. The zero-order valence-electron chi connectivity index (χ0n) is 10.4. The van der Waals surface area contributed by atoms with Crippen LogP contribution in [0.2, 0.25) is 0 Å². The SMILES string of the molecule is Cn1ccc(CNC(=O)C2(C)CCCC2N)n1. The number of amides is 1. The topological polar surface area (TPSA) is 72.9 Å². The second-order valence-electron chi connectivity index (χ2n) is 5.08. The molecule has 1 amide bonds. The number of rotatable bonds is 3. The van der Waals surface area contributed by atoms with Gasteiger partial charge in [-0.1, -0.05) is 6.42 Å². The van der Waals surface area contributed by atoms with Gasteiger partial charge in [0.25, 0.3) is 0 Å². The van der Waals surface area contributed by atoms with Crippen LogP contribution in [0.3, 0.4) is 0 Å². The van der Waals surface area contributed by atoms with Gasteiger partial charge in [0, 0.05) is 19.3 Å². The third-order valence-electron chi connectivity index (χ3n) is 3.75. The molecule has 5 nitrogen and oxygen atoms in total. The Hall–Kier alpha value is -1.36. The largest absolute Gasteiger partial charge is 0.350 e. The van der Waals surface area contributed by atoms with Gasteiger partial charge in [-0.05, 0) is 25.8 Å². The zero-order valence-corrected chi connectivity index (χ0v) is 10.4. The summed E-state index contributed by atoms with van der Waals surface area (Å²) in [5, 5.41) is 7.15. The van der Waals surface area contributed by atoms with Crippen LogP contribution in [0.5, 0.6) is 0 Å². The second kappa shape index (κ2) is 4.49. The molecule has 1 aliphatic rings. The Bertz CT molecular complexity index is 414. The molecule has 2 rings (SSSR count). The summed E-state index contributed by atoms with van der Waals surface area (Å²) in [6.45, 7) is 2.43. The minimum atomic E-state index is -0.408. The molecule has 0 spiro atoms. The van der Waals surface area contributed by atoms with E-state index in [0.29, 0.717) is 6.54 Å². The van der Waals surface area contributed by atoms with Crippen LogP contribution in [0.4, 0.5) is 0 Å². The second-order valence-corrected chi connectivity index (χ2v) is 5.08. The fraction of sp³-hybridized carbons (Fsp3) is 0.667. The van der Waals surface area contributed by atoms with E-state index in [1.54, 1.807) is 4.68 Å². The van der Waals surface area contributed by atoms with Gasteiger partial charge in [0.1, 0.15) is 0 Å². The minimum Gasteiger partial charge on any atom is -0.350 e. The number of hydrogen-bond acceptors (Lipinski definition) is 3. The fourth-order valence-electron chi connectivity index (χ4n) is 2.41. The lowest BCUT2D eigenvalue weighted by Gasteiger charge is -2.27. The molecule has 0 aliphatic heterocycles. The van der Waals surface area contributed by atoms with Crippen LogP contribution in [0.1, 0.15) is 31.9 Å². The van der Waals surface area contributed by atoms with Gasteiger partial charge in [0.05, 0.1) is 17.7 Å². The highest BCUT2D eigenvalue weighted by Crippen LogP contribution is 2.36. The first-order valence-corrected chi connectivity index (χ1v) is 6.05. The van der Waals surface area contributed by atoms with Gasteiger partial charge in [-0.15, -0.1) is 0 Å². The number of nitrogens with two attached hydrogens (primary N) is 1. The van der Waals surface area contributed by atoms with E-state index in [1.807, 2.05) is 26.2 Å². The predicted octanol–water partition coefficient (Wildman–Crippen LogP) is 0.554. The Morgan fingerprint density at radius 3 is 3.06 bits per heavy atom. The van der Waals surface area contributed by atoms with E-state index in [1.165, 1.54) is 0 Å². The molecule has 0 bridgehead atoms. The summed E-state index contributed by atoms with van der Waals surface area (Å²) in [4.78, 5) is 12.1. The fourth-order valence-corrected chi connectivity index (χ4v) is 2.41. The third kappa shape index (κ3) is 2.34. The highest BCUT2D eigenvalue weighted by molar-refractivity contribution is 5.83. The Labute approximate surface area is 101 Å². The number of hydrogen-bond donors (Lipinski definition) is 2. The van der Waals surface area contributed by atoms with Gasteiger partial charge in [-0.3, -0.25) is 9.48 Å². The van der Waals surface area contributed by atoms with Crippen molar-refractivity contribution in [2.75, 3.05) is 0 Å². The van der Waals surface area contributed by atoms with Crippen LogP contribution < -0.4 is 11.1 Å².